The SMILES string of the molecule is CCOCC(C(C)C)n1c(C(C)Cl)nc2ccc(Cl)cc21. The number of benzene rings is 1. The number of nitrogens with zero attached hydrogens (tertiary/aromatic N) is 2. The zero-order valence-corrected chi connectivity index (χ0v) is 14.4. The lowest BCUT2D eigenvalue weighted by Gasteiger charge is -2.25. The van der Waals surface area contributed by atoms with Gasteiger partial charge in [-0.2, -0.15) is 0 Å². The summed E-state index contributed by atoms with van der Waals surface area (Å²) in [5, 5.41) is 0.537. The van der Waals surface area contributed by atoms with Gasteiger partial charge in [-0.05, 0) is 38.0 Å². The van der Waals surface area contributed by atoms with Crippen LogP contribution in [0.1, 0.15) is 44.9 Å². The van der Waals surface area contributed by atoms with Crippen molar-refractivity contribution in [2.24, 2.45) is 5.92 Å². The van der Waals surface area contributed by atoms with Gasteiger partial charge >= 0.3 is 0 Å². The zero-order chi connectivity index (χ0) is 15.6. The average molecular weight is 329 g/mol. The predicted octanol–water partition coefficient (Wildman–Crippen LogP) is 5.22. The van der Waals surface area contributed by atoms with Crippen molar-refractivity contribution in [1.82, 2.24) is 9.55 Å². The summed E-state index contributed by atoms with van der Waals surface area (Å²) in [4.78, 5) is 4.68. The second-order valence-corrected chi connectivity index (χ2v) is 6.65. The maximum absolute atomic E-state index is 6.35. The minimum atomic E-state index is -0.168. The van der Waals surface area contributed by atoms with Crippen LogP contribution in [-0.2, 0) is 4.74 Å². The minimum Gasteiger partial charge on any atom is -0.380 e. The van der Waals surface area contributed by atoms with Crippen molar-refractivity contribution < 1.29 is 4.74 Å². The van der Waals surface area contributed by atoms with Crippen molar-refractivity contribution in [2.45, 2.75) is 39.1 Å². The van der Waals surface area contributed by atoms with Crippen molar-refractivity contribution in [3.05, 3.63) is 29.0 Å². The average Bonchev–Trinajstić information content (AvgIpc) is 2.78. The Morgan fingerprint density at radius 2 is 2.00 bits per heavy atom. The molecule has 0 radical (unpaired) electrons. The van der Waals surface area contributed by atoms with Crippen molar-refractivity contribution in [1.29, 1.82) is 0 Å². The number of hydrogen-bond donors (Lipinski definition) is 0. The molecule has 0 fully saturated rings. The molecule has 1 aromatic carbocycles. The molecule has 0 N–H and O–H groups in total. The molecule has 2 aromatic rings. The van der Waals surface area contributed by atoms with Crippen molar-refractivity contribution in [3.63, 3.8) is 0 Å². The molecule has 0 spiro atoms. The van der Waals surface area contributed by atoms with Crippen LogP contribution in [0.25, 0.3) is 11.0 Å². The highest BCUT2D eigenvalue weighted by molar-refractivity contribution is 6.31. The van der Waals surface area contributed by atoms with E-state index < -0.39 is 0 Å². The molecule has 2 atom stereocenters. The molecule has 0 saturated carbocycles. The Hall–Kier alpha value is -0.770. The summed E-state index contributed by atoms with van der Waals surface area (Å²) in [6.45, 7) is 9.65. The summed E-state index contributed by atoms with van der Waals surface area (Å²) >= 11 is 12.5. The van der Waals surface area contributed by atoms with Gasteiger partial charge in [0.25, 0.3) is 0 Å². The lowest BCUT2D eigenvalue weighted by atomic mass is 10.0. The van der Waals surface area contributed by atoms with Crippen LogP contribution < -0.4 is 0 Å². The van der Waals surface area contributed by atoms with Crippen LogP contribution in [0.3, 0.4) is 0 Å². The number of halogens is 2. The maximum atomic E-state index is 6.35. The molecule has 0 amide bonds. The quantitative estimate of drug-likeness (QED) is 0.679. The molecular formula is C16H22Cl2N2O. The summed E-state index contributed by atoms with van der Waals surface area (Å²) in [6, 6.07) is 5.93. The molecular weight excluding hydrogens is 307 g/mol. The second kappa shape index (κ2) is 6.99. The second-order valence-electron chi connectivity index (χ2n) is 5.56. The summed E-state index contributed by atoms with van der Waals surface area (Å²) in [5.41, 5.74) is 1.94. The molecule has 2 rings (SSSR count). The monoisotopic (exact) mass is 328 g/mol. The van der Waals surface area contributed by atoms with E-state index in [1.54, 1.807) is 0 Å². The largest absolute Gasteiger partial charge is 0.380 e. The Morgan fingerprint density at radius 1 is 1.29 bits per heavy atom. The molecule has 0 saturated heterocycles. The van der Waals surface area contributed by atoms with Crippen molar-refractivity contribution in [3.8, 4) is 0 Å². The number of fused-ring (bicyclic) bond motifs is 1. The third-order valence-electron chi connectivity index (χ3n) is 3.63. The molecule has 1 heterocycles. The van der Waals surface area contributed by atoms with Crippen LogP contribution in [0, 0.1) is 5.92 Å². The lowest BCUT2D eigenvalue weighted by Crippen LogP contribution is -2.23. The Labute approximate surface area is 136 Å². The number of hydrogen-bond acceptors (Lipinski definition) is 2. The molecule has 0 aliphatic heterocycles. The molecule has 0 aliphatic rings. The highest BCUT2D eigenvalue weighted by Crippen LogP contribution is 2.32. The minimum absolute atomic E-state index is 0.168. The first-order valence-corrected chi connectivity index (χ1v) is 8.16. The number of imidazole rings is 1. The van der Waals surface area contributed by atoms with E-state index in [1.807, 2.05) is 32.0 Å². The molecule has 21 heavy (non-hydrogen) atoms. The van der Waals surface area contributed by atoms with E-state index in [2.05, 4.69) is 23.4 Å². The smallest absolute Gasteiger partial charge is 0.128 e. The summed E-state index contributed by atoms with van der Waals surface area (Å²) < 4.78 is 7.86. The number of alkyl halides is 1. The van der Waals surface area contributed by atoms with Gasteiger partial charge in [0.1, 0.15) is 5.82 Å². The third kappa shape index (κ3) is 3.53. The van der Waals surface area contributed by atoms with Gasteiger partial charge in [-0.1, -0.05) is 25.4 Å². The molecule has 0 aliphatic carbocycles. The molecule has 0 bridgehead atoms. The maximum Gasteiger partial charge on any atom is 0.128 e. The van der Waals surface area contributed by atoms with Crippen LogP contribution in [0.15, 0.2) is 18.2 Å². The first-order chi connectivity index (χ1) is 9.95. The van der Waals surface area contributed by atoms with E-state index in [4.69, 9.17) is 27.9 Å². The zero-order valence-electron chi connectivity index (χ0n) is 12.9. The first-order valence-electron chi connectivity index (χ1n) is 7.34. The van der Waals surface area contributed by atoms with E-state index in [9.17, 15) is 0 Å². The first kappa shape index (κ1) is 16.6. The highest BCUT2D eigenvalue weighted by Gasteiger charge is 2.24. The normalized spacial score (nSPS) is 14.8. The van der Waals surface area contributed by atoms with Gasteiger partial charge < -0.3 is 9.30 Å². The lowest BCUT2D eigenvalue weighted by molar-refractivity contribution is 0.0968. The van der Waals surface area contributed by atoms with Gasteiger partial charge in [-0.15, -0.1) is 11.6 Å². The van der Waals surface area contributed by atoms with E-state index in [0.717, 1.165) is 16.9 Å². The summed E-state index contributed by atoms with van der Waals surface area (Å²) in [5.74, 6) is 1.27. The Bertz CT molecular complexity index is 608. The standard InChI is InChI=1S/C16H22Cl2N2O/c1-5-21-9-15(10(2)3)20-14-8-12(18)6-7-13(14)19-16(20)11(4)17/h6-8,10-11,15H,5,9H2,1-4H3. The van der Waals surface area contributed by atoms with Crippen molar-refractivity contribution >= 4 is 34.2 Å². The highest BCUT2D eigenvalue weighted by atomic mass is 35.5. The summed E-state index contributed by atoms with van der Waals surface area (Å²) in [7, 11) is 0. The van der Waals surface area contributed by atoms with E-state index in [0.29, 0.717) is 24.2 Å². The number of ether oxygens (including phenoxy) is 1. The number of aromatic nitrogens is 2. The predicted molar refractivity (Wildman–Crippen MR) is 89.4 cm³/mol. The Balaban J connectivity index is 2.61. The Morgan fingerprint density at radius 3 is 2.57 bits per heavy atom. The van der Waals surface area contributed by atoms with Crippen LogP contribution in [-0.4, -0.2) is 22.8 Å². The molecule has 3 nitrogen and oxygen atoms in total. The summed E-state index contributed by atoms with van der Waals surface area (Å²) in [6.07, 6.45) is 0. The molecule has 5 heteroatoms. The van der Waals surface area contributed by atoms with Crippen LogP contribution in [0.4, 0.5) is 0 Å². The fraction of sp³-hybridized carbons (Fsp3) is 0.562. The van der Waals surface area contributed by atoms with Crippen LogP contribution >= 0.6 is 23.2 Å². The van der Waals surface area contributed by atoms with E-state index in [-0.39, 0.29) is 11.4 Å². The van der Waals surface area contributed by atoms with E-state index >= 15 is 0 Å². The fourth-order valence-electron chi connectivity index (χ4n) is 2.52. The van der Waals surface area contributed by atoms with Gasteiger partial charge in [-0.25, -0.2) is 4.98 Å². The van der Waals surface area contributed by atoms with Crippen LogP contribution in [0.5, 0.6) is 0 Å². The van der Waals surface area contributed by atoms with Gasteiger partial charge in [0.05, 0.1) is 29.1 Å². The fourth-order valence-corrected chi connectivity index (χ4v) is 2.84. The third-order valence-corrected chi connectivity index (χ3v) is 4.06. The van der Waals surface area contributed by atoms with E-state index in [1.165, 1.54) is 0 Å². The topological polar surface area (TPSA) is 27.1 Å². The molecule has 2 unspecified atom stereocenters. The van der Waals surface area contributed by atoms with Gasteiger partial charge in [0, 0.05) is 11.6 Å². The van der Waals surface area contributed by atoms with Crippen LogP contribution in [0.2, 0.25) is 5.02 Å². The van der Waals surface area contributed by atoms with Gasteiger partial charge in [0.2, 0.25) is 0 Å². The van der Waals surface area contributed by atoms with Gasteiger partial charge in [-0.3, -0.25) is 0 Å². The van der Waals surface area contributed by atoms with Crippen molar-refractivity contribution in [2.75, 3.05) is 13.2 Å². The van der Waals surface area contributed by atoms with Gasteiger partial charge in [0.15, 0.2) is 0 Å². The molecule has 1 aromatic heterocycles. The Kier molecular flexibility index (Phi) is 5.53. The number of rotatable bonds is 6. The molecule has 116 valence electrons.